The molecule has 2 rings (SSSR count). The summed E-state index contributed by atoms with van der Waals surface area (Å²) < 4.78 is 0.573. The number of amides is 1. The quantitative estimate of drug-likeness (QED) is 0.721. The lowest BCUT2D eigenvalue weighted by Crippen LogP contribution is -2.25. The summed E-state index contributed by atoms with van der Waals surface area (Å²) in [7, 11) is 0. The summed E-state index contributed by atoms with van der Waals surface area (Å²) >= 11 is 3.18. The van der Waals surface area contributed by atoms with Gasteiger partial charge in [0.15, 0.2) is 0 Å². The molecule has 0 aromatic heterocycles. The van der Waals surface area contributed by atoms with Crippen molar-refractivity contribution in [1.82, 2.24) is 5.32 Å². The number of phenols is 1. The molecule has 0 aliphatic heterocycles. The first-order chi connectivity index (χ1) is 9.58. The maximum atomic E-state index is 11.9. The number of phenolic OH excluding ortho intramolecular Hbond substituents is 1. The summed E-state index contributed by atoms with van der Waals surface area (Å²) in [5, 5.41) is 22.1. The molecule has 1 aliphatic carbocycles. The smallest absolute Gasteiger partial charge is 0.251 e. The van der Waals surface area contributed by atoms with E-state index in [0.29, 0.717) is 22.5 Å². The zero-order valence-electron chi connectivity index (χ0n) is 11.3. The van der Waals surface area contributed by atoms with Crippen LogP contribution in [0.3, 0.4) is 0 Å². The number of hydrogen-bond donors (Lipinski definition) is 3. The van der Waals surface area contributed by atoms with Crippen LogP contribution in [0, 0.1) is 5.92 Å². The molecule has 5 heteroatoms. The Hall–Kier alpha value is -1.07. The van der Waals surface area contributed by atoms with E-state index in [1.54, 1.807) is 12.1 Å². The highest BCUT2D eigenvalue weighted by Crippen LogP contribution is 2.29. The number of halogens is 1. The van der Waals surface area contributed by atoms with Crippen LogP contribution in [0.4, 0.5) is 0 Å². The lowest BCUT2D eigenvalue weighted by Gasteiger charge is -2.14. The van der Waals surface area contributed by atoms with Gasteiger partial charge in [-0.2, -0.15) is 0 Å². The molecule has 1 aliphatic rings. The van der Waals surface area contributed by atoms with E-state index < -0.39 is 0 Å². The number of nitrogens with one attached hydrogen (secondary N) is 1. The highest BCUT2D eigenvalue weighted by molar-refractivity contribution is 9.10. The minimum Gasteiger partial charge on any atom is -0.507 e. The lowest BCUT2D eigenvalue weighted by atomic mass is 10.00. The van der Waals surface area contributed by atoms with Gasteiger partial charge in [-0.15, -0.1) is 0 Å². The SMILES string of the molecule is O=C(NCCC[C@H]1CCC[C@@H]1O)c1ccc(Br)c(O)c1. The number of carbonyl (C=O) groups excluding carboxylic acids is 1. The van der Waals surface area contributed by atoms with Gasteiger partial charge in [-0.1, -0.05) is 6.42 Å². The summed E-state index contributed by atoms with van der Waals surface area (Å²) in [6.07, 6.45) is 4.78. The third-order valence-corrected chi connectivity index (χ3v) is 4.54. The molecule has 0 spiro atoms. The van der Waals surface area contributed by atoms with Crippen molar-refractivity contribution in [3.8, 4) is 5.75 Å². The Bertz CT molecular complexity index is 478. The van der Waals surface area contributed by atoms with Gasteiger partial charge in [0.25, 0.3) is 5.91 Å². The monoisotopic (exact) mass is 341 g/mol. The maximum Gasteiger partial charge on any atom is 0.251 e. The Labute approximate surface area is 127 Å². The number of aliphatic hydroxyl groups is 1. The van der Waals surface area contributed by atoms with E-state index in [2.05, 4.69) is 21.2 Å². The minimum atomic E-state index is -0.181. The second kappa shape index (κ2) is 7.09. The van der Waals surface area contributed by atoms with E-state index in [9.17, 15) is 15.0 Å². The number of carbonyl (C=O) groups is 1. The van der Waals surface area contributed by atoms with Crippen LogP contribution >= 0.6 is 15.9 Å². The van der Waals surface area contributed by atoms with Crippen molar-refractivity contribution in [2.45, 2.75) is 38.2 Å². The molecule has 1 amide bonds. The van der Waals surface area contributed by atoms with Gasteiger partial charge in [0.05, 0.1) is 10.6 Å². The van der Waals surface area contributed by atoms with Crippen molar-refractivity contribution >= 4 is 21.8 Å². The van der Waals surface area contributed by atoms with E-state index in [1.807, 2.05) is 0 Å². The van der Waals surface area contributed by atoms with Crippen LogP contribution in [0.5, 0.6) is 5.75 Å². The average Bonchev–Trinajstić information content (AvgIpc) is 2.83. The van der Waals surface area contributed by atoms with Crippen molar-refractivity contribution in [3.05, 3.63) is 28.2 Å². The van der Waals surface area contributed by atoms with Gasteiger partial charge in [-0.25, -0.2) is 0 Å². The normalized spacial score (nSPS) is 21.9. The van der Waals surface area contributed by atoms with Crippen molar-refractivity contribution in [2.75, 3.05) is 6.54 Å². The van der Waals surface area contributed by atoms with Crippen LogP contribution in [0.2, 0.25) is 0 Å². The fourth-order valence-electron chi connectivity index (χ4n) is 2.68. The molecule has 20 heavy (non-hydrogen) atoms. The first-order valence-electron chi connectivity index (χ1n) is 7.02. The van der Waals surface area contributed by atoms with Gasteiger partial charge >= 0.3 is 0 Å². The highest BCUT2D eigenvalue weighted by Gasteiger charge is 2.24. The zero-order valence-corrected chi connectivity index (χ0v) is 12.9. The molecule has 1 aromatic rings. The van der Waals surface area contributed by atoms with Gasteiger partial charge in [0, 0.05) is 12.1 Å². The standard InChI is InChI=1S/C15H20BrNO3/c16-12-7-6-11(9-14(12)19)15(20)17-8-2-4-10-3-1-5-13(10)18/h6-7,9-10,13,18-19H,1-5,8H2,(H,17,20)/t10-,13+/m1/s1. The third kappa shape index (κ3) is 3.96. The Morgan fingerprint density at radius 1 is 1.40 bits per heavy atom. The van der Waals surface area contributed by atoms with E-state index >= 15 is 0 Å². The lowest BCUT2D eigenvalue weighted by molar-refractivity contribution is 0.0949. The molecule has 0 saturated heterocycles. The van der Waals surface area contributed by atoms with Crippen LogP contribution in [0.15, 0.2) is 22.7 Å². The van der Waals surface area contributed by atoms with Gasteiger partial charge in [-0.3, -0.25) is 4.79 Å². The van der Waals surface area contributed by atoms with E-state index in [1.165, 1.54) is 6.07 Å². The Morgan fingerprint density at radius 2 is 2.20 bits per heavy atom. The average molecular weight is 342 g/mol. The summed E-state index contributed by atoms with van der Waals surface area (Å²) in [6.45, 7) is 0.596. The summed E-state index contributed by atoms with van der Waals surface area (Å²) in [6, 6.07) is 4.76. The molecule has 1 saturated carbocycles. The predicted molar refractivity (Wildman–Crippen MR) is 80.7 cm³/mol. The van der Waals surface area contributed by atoms with Crippen molar-refractivity contribution < 1.29 is 15.0 Å². The van der Waals surface area contributed by atoms with Crippen molar-refractivity contribution in [3.63, 3.8) is 0 Å². The molecule has 1 fully saturated rings. The fourth-order valence-corrected chi connectivity index (χ4v) is 2.92. The van der Waals surface area contributed by atoms with Gasteiger partial charge in [0.2, 0.25) is 0 Å². The molecule has 2 atom stereocenters. The predicted octanol–water partition coefficient (Wildman–Crippen LogP) is 2.83. The summed E-state index contributed by atoms with van der Waals surface area (Å²) in [4.78, 5) is 11.9. The molecule has 0 bridgehead atoms. The van der Waals surface area contributed by atoms with Crippen LogP contribution < -0.4 is 5.32 Å². The first kappa shape index (κ1) is 15.3. The highest BCUT2D eigenvalue weighted by atomic mass is 79.9. The molecule has 0 unspecified atom stereocenters. The van der Waals surface area contributed by atoms with Crippen LogP contribution in [0.1, 0.15) is 42.5 Å². The molecule has 0 radical (unpaired) electrons. The zero-order chi connectivity index (χ0) is 14.5. The van der Waals surface area contributed by atoms with Gasteiger partial charge < -0.3 is 15.5 Å². The molecular formula is C15H20BrNO3. The molecule has 110 valence electrons. The number of hydrogen-bond acceptors (Lipinski definition) is 3. The van der Waals surface area contributed by atoms with Crippen LogP contribution in [0.25, 0.3) is 0 Å². The molecular weight excluding hydrogens is 322 g/mol. The largest absolute Gasteiger partial charge is 0.507 e. The van der Waals surface area contributed by atoms with E-state index in [-0.39, 0.29) is 17.8 Å². The second-order valence-electron chi connectivity index (χ2n) is 5.32. The Kier molecular flexibility index (Phi) is 5.43. The van der Waals surface area contributed by atoms with Crippen molar-refractivity contribution in [2.24, 2.45) is 5.92 Å². The Morgan fingerprint density at radius 3 is 2.85 bits per heavy atom. The summed E-state index contributed by atoms with van der Waals surface area (Å²) in [5.41, 5.74) is 0.451. The minimum absolute atomic E-state index is 0.0618. The van der Waals surface area contributed by atoms with Crippen LogP contribution in [-0.4, -0.2) is 28.8 Å². The number of rotatable bonds is 5. The molecule has 0 heterocycles. The van der Waals surface area contributed by atoms with Crippen LogP contribution in [-0.2, 0) is 0 Å². The van der Waals surface area contributed by atoms with Crippen molar-refractivity contribution in [1.29, 1.82) is 0 Å². The fraction of sp³-hybridized carbons (Fsp3) is 0.533. The number of aromatic hydroxyl groups is 1. The number of aliphatic hydroxyl groups excluding tert-OH is 1. The van der Waals surface area contributed by atoms with Gasteiger partial charge in [0.1, 0.15) is 5.75 Å². The topological polar surface area (TPSA) is 69.6 Å². The summed E-state index contributed by atoms with van der Waals surface area (Å²) in [5.74, 6) is 0.273. The second-order valence-corrected chi connectivity index (χ2v) is 6.18. The van der Waals surface area contributed by atoms with Gasteiger partial charge in [-0.05, 0) is 65.7 Å². The number of benzene rings is 1. The first-order valence-corrected chi connectivity index (χ1v) is 7.82. The molecule has 1 aromatic carbocycles. The maximum absolute atomic E-state index is 11.9. The van der Waals surface area contributed by atoms with E-state index in [4.69, 9.17) is 0 Å². The van der Waals surface area contributed by atoms with E-state index in [0.717, 1.165) is 32.1 Å². The Balaban J connectivity index is 1.73. The third-order valence-electron chi connectivity index (χ3n) is 3.86. The molecule has 4 nitrogen and oxygen atoms in total. The molecule has 3 N–H and O–H groups in total.